The lowest BCUT2D eigenvalue weighted by Crippen LogP contribution is -2.33. The molecule has 1 aliphatic carbocycles. The molecule has 2 aliphatic rings. The molecule has 1 aromatic heterocycles. The van der Waals surface area contributed by atoms with E-state index in [9.17, 15) is 13.2 Å². The normalized spacial score (nSPS) is 21.4. The van der Waals surface area contributed by atoms with Gasteiger partial charge in [0.1, 0.15) is 0 Å². The molecule has 2 heterocycles. The molecule has 8 heteroatoms. The summed E-state index contributed by atoms with van der Waals surface area (Å²) in [7, 11) is -2.04. The fourth-order valence-electron chi connectivity index (χ4n) is 4.78. The molecule has 168 valence electrons. The van der Waals surface area contributed by atoms with E-state index in [4.69, 9.17) is 9.84 Å². The molecule has 0 bridgehead atoms. The van der Waals surface area contributed by atoms with Crippen molar-refractivity contribution in [1.82, 2.24) is 14.1 Å². The molecule has 31 heavy (non-hydrogen) atoms. The van der Waals surface area contributed by atoms with Gasteiger partial charge in [0.2, 0.25) is 10.0 Å². The van der Waals surface area contributed by atoms with Crippen LogP contribution in [-0.4, -0.2) is 48.5 Å². The van der Waals surface area contributed by atoms with Gasteiger partial charge in [-0.3, -0.25) is 9.48 Å². The van der Waals surface area contributed by atoms with E-state index < -0.39 is 16.1 Å². The second kappa shape index (κ2) is 8.15. The van der Waals surface area contributed by atoms with Crippen molar-refractivity contribution in [1.29, 1.82) is 0 Å². The van der Waals surface area contributed by atoms with E-state index in [-0.39, 0.29) is 16.1 Å². The van der Waals surface area contributed by atoms with Crippen LogP contribution in [0, 0.1) is 12.3 Å². The van der Waals surface area contributed by atoms with Gasteiger partial charge in [-0.1, -0.05) is 31.5 Å². The first kappa shape index (κ1) is 22.2. The summed E-state index contributed by atoms with van der Waals surface area (Å²) in [5, 5.41) is 4.81. The van der Waals surface area contributed by atoms with Gasteiger partial charge in [-0.2, -0.15) is 9.40 Å². The number of ether oxygens (including phenoxy) is 1. The zero-order valence-corrected chi connectivity index (χ0v) is 19.5. The molecule has 0 amide bonds. The third-order valence-electron chi connectivity index (χ3n) is 6.30. The second-order valence-electron chi connectivity index (χ2n) is 9.45. The number of hydrogen-bond donors (Lipinski definition) is 0. The van der Waals surface area contributed by atoms with Gasteiger partial charge in [-0.05, 0) is 43.7 Å². The number of hydrogen-bond acceptors (Lipinski definition) is 5. The Morgan fingerprint density at radius 1 is 1.19 bits per heavy atom. The summed E-state index contributed by atoms with van der Waals surface area (Å²) in [6.45, 7) is 7.56. The molecule has 1 saturated heterocycles. The van der Waals surface area contributed by atoms with Crippen LogP contribution < -0.4 is 0 Å². The van der Waals surface area contributed by atoms with Crippen molar-refractivity contribution in [2.75, 3.05) is 20.3 Å². The van der Waals surface area contributed by atoms with Crippen molar-refractivity contribution in [3.8, 4) is 0 Å². The highest BCUT2D eigenvalue weighted by atomic mass is 32.2. The predicted molar refractivity (Wildman–Crippen MR) is 118 cm³/mol. The Morgan fingerprint density at radius 3 is 2.58 bits per heavy atom. The SMILES string of the molecule is COCCn1nc([C@@H]2CCCN2S(=O)(=O)c2ccc(C)cc2)c2c1CC(C)(C)CC2=O. The van der Waals surface area contributed by atoms with Crippen LogP contribution in [-0.2, 0) is 27.7 Å². The molecule has 0 radical (unpaired) electrons. The Kier molecular flexibility index (Phi) is 5.83. The highest BCUT2D eigenvalue weighted by molar-refractivity contribution is 7.89. The minimum absolute atomic E-state index is 0.0597. The number of fused-ring (bicyclic) bond motifs is 1. The Balaban J connectivity index is 1.77. The van der Waals surface area contributed by atoms with Crippen molar-refractivity contribution < 1.29 is 17.9 Å². The Bertz CT molecular complexity index is 1090. The number of Topliss-reactive ketones (excluding diaryl/α,β-unsaturated/α-hetero) is 1. The lowest BCUT2D eigenvalue weighted by Gasteiger charge is -2.30. The van der Waals surface area contributed by atoms with Gasteiger partial charge in [0.25, 0.3) is 0 Å². The first-order valence-corrected chi connectivity index (χ1v) is 12.3. The Hall–Kier alpha value is -2.03. The first-order chi connectivity index (χ1) is 14.6. The molecule has 1 aromatic carbocycles. The predicted octanol–water partition coefficient (Wildman–Crippen LogP) is 3.52. The quantitative estimate of drug-likeness (QED) is 0.680. The van der Waals surface area contributed by atoms with Gasteiger partial charge in [0.05, 0.1) is 41.0 Å². The second-order valence-corrected chi connectivity index (χ2v) is 11.3. The minimum Gasteiger partial charge on any atom is -0.383 e. The van der Waals surface area contributed by atoms with E-state index in [1.54, 1.807) is 19.2 Å². The highest BCUT2D eigenvalue weighted by Gasteiger charge is 2.43. The van der Waals surface area contributed by atoms with Crippen LogP contribution >= 0.6 is 0 Å². The zero-order valence-electron chi connectivity index (χ0n) is 18.7. The van der Waals surface area contributed by atoms with Crippen LogP contribution in [0.4, 0.5) is 0 Å². The number of sulfonamides is 1. The highest BCUT2D eigenvalue weighted by Crippen LogP contribution is 2.42. The van der Waals surface area contributed by atoms with Gasteiger partial charge in [0.15, 0.2) is 5.78 Å². The summed E-state index contributed by atoms with van der Waals surface area (Å²) in [6, 6.07) is 6.50. The van der Waals surface area contributed by atoms with Crippen LogP contribution in [0.2, 0.25) is 0 Å². The summed E-state index contributed by atoms with van der Waals surface area (Å²) in [5.41, 5.74) is 3.02. The number of methoxy groups -OCH3 is 1. The lowest BCUT2D eigenvalue weighted by molar-refractivity contribution is 0.0906. The zero-order chi connectivity index (χ0) is 22.4. The Labute approximate surface area is 184 Å². The summed E-state index contributed by atoms with van der Waals surface area (Å²) >= 11 is 0. The fraction of sp³-hybridized carbons (Fsp3) is 0.565. The van der Waals surface area contributed by atoms with Gasteiger partial charge in [-0.25, -0.2) is 8.42 Å². The molecule has 0 unspecified atom stereocenters. The van der Waals surface area contributed by atoms with Crippen LogP contribution in [0.1, 0.15) is 66.5 Å². The molecule has 4 rings (SSSR count). The minimum atomic E-state index is -3.68. The van der Waals surface area contributed by atoms with Crippen molar-refractivity contribution in [2.45, 2.75) is 63.9 Å². The van der Waals surface area contributed by atoms with Gasteiger partial charge in [0, 0.05) is 20.1 Å². The maximum absolute atomic E-state index is 13.4. The molecule has 1 atom stereocenters. The van der Waals surface area contributed by atoms with Crippen molar-refractivity contribution in [3.63, 3.8) is 0 Å². The number of rotatable bonds is 6. The number of benzene rings is 1. The maximum Gasteiger partial charge on any atom is 0.243 e. The summed E-state index contributed by atoms with van der Waals surface area (Å²) < 4.78 is 35.5. The van der Waals surface area contributed by atoms with E-state index in [1.165, 1.54) is 4.31 Å². The van der Waals surface area contributed by atoms with Gasteiger partial charge < -0.3 is 4.74 Å². The topological polar surface area (TPSA) is 81.5 Å². The van der Waals surface area contributed by atoms with Crippen LogP contribution in [0.15, 0.2) is 29.2 Å². The molecular weight excluding hydrogens is 414 g/mol. The van der Waals surface area contributed by atoms with E-state index in [1.807, 2.05) is 23.7 Å². The van der Waals surface area contributed by atoms with E-state index in [0.717, 1.165) is 24.1 Å². The molecule has 0 saturated carbocycles. The standard InChI is InChI=1S/C23H31N3O4S/c1-16-7-9-17(10-8-16)31(28,29)26-11-5-6-18(26)22-21-19(25(24-22)12-13-30-4)14-23(2,3)15-20(21)27/h7-10,18H,5-6,11-15H2,1-4H3/t18-/m0/s1. The van der Waals surface area contributed by atoms with Crippen LogP contribution in [0.5, 0.6) is 0 Å². The molecule has 1 fully saturated rings. The molecular formula is C23H31N3O4S. The van der Waals surface area contributed by atoms with Crippen molar-refractivity contribution in [2.24, 2.45) is 5.41 Å². The van der Waals surface area contributed by atoms with Crippen LogP contribution in [0.3, 0.4) is 0 Å². The summed E-state index contributed by atoms with van der Waals surface area (Å²) in [5.74, 6) is 0.0597. The maximum atomic E-state index is 13.4. The lowest BCUT2D eigenvalue weighted by atomic mass is 9.75. The smallest absolute Gasteiger partial charge is 0.243 e. The first-order valence-electron chi connectivity index (χ1n) is 10.8. The third-order valence-corrected chi connectivity index (χ3v) is 8.23. The largest absolute Gasteiger partial charge is 0.383 e. The third kappa shape index (κ3) is 4.08. The van der Waals surface area contributed by atoms with Gasteiger partial charge >= 0.3 is 0 Å². The number of aryl methyl sites for hydroxylation is 1. The number of carbonyl (C=O) groups is 1. The number of aromatic nitrogens is 2. The molecule has 0 spiro atoms. The van der Waals surface area contributed by atoms with Crippen LogP contribution in [0.25, 0.3) is 0 Å². The molecule has 0 N–H and O–H groups in total. The van der Waals surface area contributed by atoms with Gasteiger partial charge in [-0.15, -0.1) is 0 Å². The van der Waals surface area contributed by atoms with E-state index >= 15 is 0 Å². The summed E-state index contributed by atoms with van der Waals surface area (Å²) in [4.78, 5) is 13.5. The Morgan fingerprint density at radius 2 is 1.90 bits per heavy atom. The molecule has 7 nitrogen and oxygen atoms in total. The average molecular weight is 446 g/mol. The molecule has 1 aliphatic heterocycles. The monoisotopic (exact) mass is 445 g/mol. The average Bonchev–Trinajstić information content (AvgIpc) is 3.31. The number of nitrogens with zero attached hydrogens (tertiary/aromatic N) is 3. The van der Waals surface area contributed by atoms with Crippen molar-refractivity contribution in [3.05, 3.63) is 46.8 Å². The fourth-order valence-corrected chi connectivity index (χ4v) is 6.44. The molecule has 2 aromatic rings. The number of carbonyl (C=O) groups excluding carboxylic acids is 1. The number of ketones is 1. The summed E-state index contributed by atoms with van der Waals surface area (Å²) in [6.07, 6.45) is 2.59. The van der Waals surface area contributed by atoms with E-state index in [0.29, 0.717) is 43.8 Å². The van der Waals surface area contributed by atoms with Crippen molar-refractivity contribution >= 4 is 15.8 Å². The van der Waals surface area contributed by atoms with E-state index in [2.05, 4.69) is 13.8 Å².